The van der Waals surface area contributed by atoms with Crippen molar-refractivity contribution < 1.29 is 4.79 Å². The molecule has 0 aromatic carbocycles. The first kappa shape index (κ1) is 14.9. The number of hydrogen-bond acceptors (Lipinski definition) is 3. The normalized spacial score (nSPS) is 13.2. The largest absolute Gasteiger partial charge is 0.350 e. The molecule has 1 unspecified atom stereocenters. The van der Waals surface area contributed by atoms with Crippen molar-refractivity contribution in [3.05, 3.63) is 22.2 Å². The first-order valence-corrected chi connectivity index (χ1v) is 7.20. The number of carbonyl (C=O) groups excluding carboxylic acids is 1. The van der Waals surface area contributed by atoms with Gasteiger partial charge >= 0.3 is 0 Å². The maximum Gasteiger partial charge on any atom is 0.244 e. The van der Waals surface area contributed by atoms with Crippen LogP contribution < -0.4 is 5.32 Å². The third-order valence-corrected chi connectivity index (χ3v) is 3.48. The summed E-state index contributed by atoms with van der Waals surface area (Å²) in [5.74, 6) is 0.650. The number of nitrogens with zero attached hydrogens (tertiary/aromatic N) is 1. The molecule has 1 rings (SSSR count). The van der Waals surface area contributed by atoms with Gasteiger partial charge in [-0.1, -0.05) is 13.8 Å². The minimum absolute atomic E-state index is 0.0303. The molecule has 1 amide bonds. The number of amides is 1. The quantitative estimate of drug-likeness (QED) is 0.802. The average molecular weight is 266 g/mol. The van der Waals surface area contributed by atoms with Crippen molar-refractivity contribution in [1.29, 1.82) is 0 Å². The van der Waals surface area contributed by atoms with E-state index in [0.717, 1.165) is 22.7 Å². The highest BCUT2D eigenvalue weighted by atomic mass is 32.1. The predicted octanol–water partition coefficient (Wildman–Crippen LogP) is 3.41. The van der Waals surface area contributed by atoms with Crippen LogP contribution in [0.2, 0.25) is 0 Å². The Bertz CT molecular complexity index is 410. The molecule has 1 aromatic heterocycles. The van der Waals surface area contributed by atoms with Gasteiger partial charge in [0, 0.05) is 23.2 Å². The highest BCUT2D eigenvalue weighted by Gasteiger charge is 2.05. The fourth-order valence-corrected chi connectivity index (χ4v) is 2.25. The SMILES string of the molecule is Cc1ncc(/C=C/C(=O)NC(C)CCC(C)C)s1. The van der Waals surface area contributed by atoms with E-state index in [1.54, 1.807) is 23.6 Å². The Labute approximate surface area is 113 Å². The van der Waals surface area contributed by atoms with Gasteiger partial charge in [-0.2, -0.15) is 0 Å². The molecule has 0 saturated heterocycles. The molecule has 0 bridgehead atoms. The van der Waals surface area contributed by atoms with Crippen LogP contribution in [0.25, 0.3) is 6.08 Å². The van der Waals surface area contributed by atoms with Gasteiger partial charge in [-0.15, -0.1) is 11.3 Å². The van der Waals surface area contributed by atoms with Gasteiger partial charge in [-0.3, -0.25) is 4.79 Å². The summed E-state index contributed by atoms with van der Waals surface area (Å²) >= 11 is 1.58. The Kier molecular flexibility index (Phi) is 6.05. The van der Waals surface area contributed by atoms with Gasteiger partial charge in [0.25, 0.3) is 0 Å². The minimum atomic E-state index is -0.0303. The van der Waals surface area contributed by atoms with Gasteiger partial charge in [0.05, 0.1) is 5.01 Å². The van der Waals surface area contributed by atoms with Gasteiger partial charge in [0.1, 0.15) is 0 Å². The second-order valence-corrected chi connectivity index (χ2v) is 6.26. The van der Waals surface area contributed by atoms with Gasteiger partial charge in [-0.05, 0) is 38.7 Å². The summed E-state index contributed by atoms with van der Waals surface area (Å²) in [6.07, 6.45) is 7.34. The Morgan fingerprint density at radius 2 is 2.17 bits per heavy atom. The summed E-state index contributed by atoms with van der Waals surface area (Å²) in [5.41, 5.74) is 0. The second kappa shape index (κ2) is 7.31. The lowest BCUT2D eigenvalue weighted by Gasteiger charge is -2.13. The molecule has 1 aromatic rings. The van der Waals surface area contributed by atoms with Gasteiger partial charge in [0.2, 0.25) is 5.91 Å². The van der Waals surface area contributed by atoms with Crippen molar-refractivity contribution in [3.63, 3.8) is 0 Å². The molecule has 3 nitrogen and oxygen atoms in total. The summed E-state index contributed by atoms with van der Waals surface area (Å²) in [6.45, 7) is 8.39. The number of rotatable bonds is 6. The standard InChI is InChI=1S/C14H22N2OS/c1-10(2)5-6-11(3)16-14(17)8-7-13-9-15-12(4)18-13/h7-11H,5-6H2,1-4H3,(H,16,17)/b8-7+. The van der Waals surface area contributed by atoms with E-state index in [-0.39, 0.29) is 11.9 Å². The van der Waals surface area contributed by atoms with E-state index < -0.39 is 0 Å². The van der Waals surface area contributed by atoms with Crippen molar-refractivity contribution in [2.45, 2.75) is 46.6 Å². The van der Waals surface area contributed by atoms with Crippen LogP contribution >= 0.6 is 11.3 Å². The van der Waals surface area contributed by atoms with E-state index in [2.05, 4.69) is 24.1 Å². The lowest BCUT2D eigenvalue weighted by atomic mass is 10.0. The van der Waals surface area contributed by atoms with Gasteiger partial charge in [0.15, 0.2) is 0 Å². The van der Waals surface area contributed by atoms with E-state index >= 15 is 0 Å². The Balaban J connectivity index is 2.34. The molecular weight excluding hydrogens is 244 g/mol. The third kappa shape index (κ3) is 5.96. The van der Waals surface area contributed by atoms with Crippen LogP contribution in [0.3, 0.4) is 0 Å². The average Bonchev–Trinajstić information content (AvgIpc) is 2.70. The molecule has 1 atom stereocenters. The van der Waals surface area contributed by atoms with Crippen LogP contribution in [0, 0.1) is 12.8 Å². The van der Waals surface area contributed by atoms with Crippen LogP contribution in [-0.2, 0) is 4.79 Å². The monoisotopic (exact) mass is 266 g/mol. The molecular formula is C14H22N2OS. The Morgan fingerprint density at radius 3 is 2.72 bits per heavy atom. The highest BCUT2D eigenvalue weighted by molar-refractivity contribution is 7.12. The summed E-state index contributed by atoms with van der Waals surface area (Å²) in [5, 5.41) is 3.98. The number of nitrogens with one attached hydrogen (secondary N) is 1. The van der Waals surface area contributed by atoms with Gasteiger partial charge < -0.3 is 5.32 Å². The van der Waals surface area contributed by atoms with E-state index in [1.165, 1.54) is 0 Å². The van der Waals surface area contributed by atoms with Crippen molar-refractivity contribution in [1.82, 2.24) is 10.3 Å². The minimum Gasteiger partial charge on any atom is -0.350 e. The zero-order chi connectivity index (χ0) is 13.5. The van der Waals surface area contributed by atoms with E-state index in [9.17, 15) is 4.79 Å². The molecule has 1 N–H and O–H groups in total. The molecule has 1 heterocycles. The number of carbonyl (C=O) groups is 1. The summed E-state index contributed by atoms with van der Waals surface area (Å²) in [4.78, 5) is 16.8. The Morgan fingerprint density at radius 1 is 1.44 bits per heavy atom. The number of thiazole rings is 1. The molecule has 0 fully saturated rings. The fraction of sp³-hybridized carbons (Fsp3) is 0.571. The van der Waals surface area contributed by atoms with Crippen LogP contribution in [0.4, 0.5) is 0 Å². The molecule has 0 aliphatic rings. The first-order valence-electron chi connectivity index (χ1n) is 6.38. The van der Waals surface area contributed by atoms with Crippen molar-refractivity contribution in [2.24, 2.45) is 5.92 Å². The second-order valence-electron chi connectivity index (χ2n) is 5.00. The molecule has 0 spiro atoms. The first-order chi connectivity index (χ1) is 8.47. The number of aromatic nitrogens is 1. The Hall–Kier alpha value is -1.16. The lowest BCUT2D eigenvalue weighted by molar-refractivity contribution is -0.117. The van der Waals surface area contributed by atoms with E-state index in [0.29, 0.717) is 5.92 Å². The molecule has 0 radical (unpaired) electrons. The number of hydrogen-bond donors (Lipinski definition) is 1. The van der Waals surface area contributed by atoms with E-state index in [4.69, 9.17) is 0 Å². The van der Waals surface area contributed by atoms with Crippen molar-refractivity contribution >= 4 is 23.3 Å². The fourth-order valence-electron chi connectivity index (χ4n) is 1.56. The number of aryl methyl sites for hydroxylation is 1. The molecule has 4 heteroatoms. The maximum absolute atomic E-state index is 11.7. The van der Waals surface area contributed by atoms with Crippen LogP contribution in [0.1, 0.15) is 43.5 Å². The molecule has 0 saturated carbocycles. The topological polar surface area (TPSA) is 42.0 Å². The predicted molar refractivity (Wildman–Crippen MR) is 77.6 cm³/mol. The highest BCUT2D eigenvalue weighted by Crippen LogP contribution is 2.13. The van der Waals surface area contributed by atoms with Gasteiger partial charge in [-0.25, -0.2) is 4.98 Å². The van der Waals surface area contributed by atoms with Crippen LogP contribution in [0.15, 0.2) is 12.3 Å². The van der Waals surface area contributed by atoms with E-state index in [1.807, 2.05) is 19.9 Å². The molecule has 0 aliphatic heterocycles. The lowest BCUT2D eigenvalue weighted by Crippen LogP contribution is -2.31. The summed E-state index contributed by atoms with van der Waals surface area (Å²) in [7, 11) is 0. The van der Waals surface area contributed by atoms with Crippen LogP contribution in [0.5, 0.6) is 0 Å². The molecule has 18 heavy (non-hydrogen) atoms. The summed E-state index contributed by atoms with van der Waals surface area (Å²) in [6, 6.07) is 0.229. The molecule has 0 aliphatic carbocycles. The zero-order valence-corrected chi connectivity index (χ0v) is 12.4. The van der Waals surface area contributed by atoms with Crippen molar-refractivity contribution in [3.8, 4) is 0 Å². The third-order valence-electron chi connectivity index (χ3n) is 2.60. The summed E-state index contributed by atoms with van der Waals surface area (Å²) < 4.78 is 0. The zero-order valence-electron chi connectivity index (χ0n) is 11.6. The molecule has 100 valence electrons. The van der Waals surface area contributed by atoms with Crippen molar-refractivity contribution in [2.75, 3.05) is 0 Å². The smallest absolute Gasteiger partial charge is 0.244 e. The maximum atomic E-state index is 11.7. The van der Waals surface area contributed by atoms with Crippen LogP contribution in [-0.4, -0.2) is 16.9 Å².